The zero-order valence-corrected chi connectivity index (χ0v) is 14.1. The van der Waals surface area contributed by atoms with Gasteiger partial charge in [-0.3, -0.25) is 4.79 Å². The van der Waals surface area contributed by atoms with Gasteiger partial charge in [0.15, 0.2) is 0 Å². The van der Waals surface area contributed by atoms with Crippen molar-refractivity contribution in [1.82, 2.24) is 4.98 Å². The van der Waals surface area contributed by atoms with Crippen molar-refractivity contribution in [3.63, 3.8) is 0 Å². The third kappa shape index (κ3) is 4.27. The Morgan fingerprint density at radius 3 is 2.69 bits per heavy atom. The number of carbonyl (C=O) groups excluding carboxylic acids is 2. The second-order valence-electron chi connectivity index (χ2n) is 5.39. The van der Waals surface area contributed by atoms with Crippen LogP contribution in [0.4, 0.5) is 11.4 Å². The Kier molecular flexibility index (Phi) is 5.28. The van der Waals surface area contributed by atoms with E-state index in [1.54, 1.807) is 48.9 Å². The zero-order valence-electron chi connectivity index (χ0n) is 14.1. The number of hydrogen-bond acceptors (Lipinski definition) is 6. The van der Waals surface area contributed by atoms with Gasteiger partial charge >= 0.3 is 5.97 Å². The molecule has 3 rings (SSSR count). The number of ether oxygens (including phenoxy) is 1. The third-order valence-electron chi connectivity index (χ3n) is 3.58. The van der Waals surface area contributed by atoms with Gasteiger partial charge < -0.3 is 19.8 Å². The summed E-state index contributed by atoms with van der Waals surface area (Å²) in [5.41, 5.74) is 1.87. The number of rotatable bonds is 6. The number of benzene rings is 1. The summed E-state index contributed by atoms with van der Waals surface area (Å²) in [7, 11) is 1.30. The van der Waals surface area contributed by atoms with Gasteiger partial charge in [0.05, 0.1) is 37.4 Å². The molecule has 0 saturated carbocycles. The fourth-order valence-electron chi connectivity index (χ4n) is 2.27. The molecule has 132 valence electrons. The van der Waals surface area contributed by atoms with Gasteiger partial charge in [-0.1, -0.05) is 6.07 Å². The molecule has 26 heavy (non-hydrogen) atoms. The summed E-state index contributed by atoms with van der Waals surface area (Å²) in [6.45, 7) is 0.528. The average molecular weight is 351 g/mol. The monoisotopic (exact) mass is 351 g/mol. The normalized spacial score (nSPS) is 10.2. The highest BCUT2D eigenvalue weighted by atomic mass is 16.5. The van der Waals surface area contributed by atoms with Crippen LogP contribution in [0.15, 0.2) is 65.4 Å². The first kappa shape index (κ1) is 17.2. The number of furan rings is 1. The van der Waals surface area contributed by atoms with Gasteiger partial charge in [-0.2, -0.15) is 0 Å². The molecule has 0 radical (unpaired) electrons. The Morgan fingerprint density at radius 1 is 1.12 bits per heavy atom. The molecule has 0 atom stereocenters. The third-order valence-corrected chi connectivity index (χ3v) is 3.58. The molecule has 2 N–H and O–H groups in total. The van der Waals surface area contributed by atoms with Crippen LogP contribution in [0.5, 0.6) is 0 Å². The van der Waals surface area contributed by atoms with E-state index >= 15 is 0 Å². The highest BCUT2D eigenvalue weighted by Crippen LogP contribution is 2.14. The highest BCUT2D eigenvalue weighted by Gasteiger charge is 2.10. The van der Waals surface area contributed by atoms with Crippen LogP contribution in [-0.2, 0) is 11.3 Å². The number of nitrogens with zero attached hydrogens (tertiary/aromatic N) is 1. The summed E-state index contributed by atoms with van der Waals surface area (Å²) >= 11 is 0. The SMILES string of the molecule is COC(=O)c1cccc(NC(=O)c2ccc(NCc3ccco3)cn2)c1. The molecule has 0 aliphatic carbocycles. The first-order valence-electron chi connectivity index (χ1n) is 7.88. The maximum atomic E-state index is 12.3. The molecule has 0 saturated heterocycles. The molecule has 1 aromatic carbocycles. The predicted octanol–water partition coefficient (Wildman–Crippen LogP) is 3.33. The summed E-state index contributed by atoms with van der Waals surface area (Å²) in [4.78, 5) is 28.0. The van der Waals surface area contributed by atoms with Crippen molar-refractivity contribution < 1.29 is 18.7 Å². The van der Waals surface area contributed by atoms with Crippen LogP contribution in [0.25, 0.3) is 0 Å². The van der Waals surface area contributed by atoms with Crippen molar-refractivity contribution >= 4 is 23.3 Å². The van der Waals surface area contributed by atoms with Crippen LogP contribution < -0.4 is 10.6 Å². The Hall–Kier alpha value is -3.61. The number of amides is 1. The van der Waals surface area contributed by atoms with Gasteiger partial charge in [0.2, 0.25) is 0 Å². The average Bonchev–Trinajstić information content (AvgIpc) is 3.20. The fourth-order valence-corrected chi connectivity index (χ4v) is 2.27. The van der Waals surface area contributed by atoms with E-state index in [2.05, 4.69) is 20.4 Å². The molecule has 2 heterocycles. The van der Waals surface area contributed by atoms with Crippen molar-refractivity contribution in [3.8, 4) is 0 Å². The zero-order chi connectivity index (χ0) is 18.4. The Bertz CT molecular complexity index is 889. The van der Waals surface area contributed by atoms with Crippen molar-refractivity contribution in [2.75, 3.05) is 17.7 Å². The molecule has 7 heteroatoms. The minimum absolute atomic E-state index is 0.261. The quantitative estimate of drug-likeness (QED) is 0.662. The van der Waals surface area contributed by atoms with Crippen LogP contribution in [0, 0.1) is 0 Å². The van der Waals surface area contributed by atoms with Crippen LogP contribution in [0.3, 0.4) is 0 Å². The first-order chi connectivity index (χ1) is 12.7. The van der Waals surface area contributed by atoms with Crippen LogP contribution in [0.1, 0.15) is 26.6 Å². The molecule has 3 aromatic rings. The van der Waals surface area contributed by atoms with Gasteiger partial charge in [0, 0.05) is 5.69 Å². The lowest BCUT2D eigenvalue weighted by Crippen LogP contribution is -2.14. The van der Waals surface area contributed by atoms with Crippen molar-refractivity contribution in [2.45, 2.75) is 6.54 Å². The van der Waals surface area contributed by atoms with Gasteiger partial charge in [-0.05, 0) is 42.5 Å². The van der Waals surface area contributed by atoms with Crippen LogP contribution >= 0.6 is 0 Å². The summed E-state index contributed by atoms with van der Waals surface area (Å²) < 4.78 is 9.90. The van der Waals surface area contributed by atoms with E-state index in [-0.39, 0.29) is 11.6 Å². The molecule has 0 bridgehead atoms. The van der Waals surface area contributed by atoms with E-state index in [9.17, 15) is 9.59 Å². The molecule has 0 spiro atoms. The number of methoxy groups -OCH3 is 1. The van der Waals surface area contributed by atoms with Crippen molar-refractivity contribution in [3.05, 3.63) is 78.0 Å². The van der Waals surface area contributed by atoms with E-state index in [4.69, 9.17) is 4.42 Å². The molecule has 0 unspecified atom stereocenters. The Morgan fingerprint density at radius 2 is 2.00 bits per heavy atom. The van der Waals surface area contributed by atoms with Crippen molar-refractivity contribution in [1.29, 1.82) is 0 Å². The van der Waals surface area contributed by atoms with E-state index in [1.807, 2.05) is 12.1 Å². The smallest absolute Gasteiger partial charge is 0.337 e. The number of anilines is 2. The number of esters is 1. The van der Waals surface area contributed by atoms with Crippen LogP contribution in [-0.4, -0.2) is 24.0 Å². The number of aromatic nitrogens is 1. The minimum Gasteiger partial charge on any atom is -0.467 e. The van der Waals surface area contributed by atoms with Gasteiger partial charge in [-0.15, -0.1) is 0 Å². The molecule has 0 aliphatic heterocycles. The second kappa shape index (κ2) is 7.98. The number of hydrogen-bond donors (Lipinski definition) is 2. The topological polar surface area (TPSA) is 93.5 Å². The van der Waals surface area contributed by atoms with Crippen molar-refractivity contribution in [2.24, 2.45) is 0 Å². The van der Waals surface area contributed by atoms with Gasteiger partial charge in [0.25, 0.3) is 5.91 Å². The lowest BCUT2D eigenvalue weighted by molar-refractivity contribution is 0.0600. The molecular formula is C19H17N3O4. The lowest BCUT2D eigenvalue weighted by atomic mass is 10.2. The standard InChI is InChI=1S/C19H17N3O4/c1-25-19(24)13-4-2-5-14(10-13)22-18(23)17-8-7-15(11-21-17)20-12-16-6-3-9-26-16/h2-11,20H,12H2,1H3,(H,22,23). The predicted molar refractivity (Wildman–Crippen MR) is 96.0 cm³/mol. The van der Waals surface area contributed by atoms with E-state index in [1.165, 1.54) is 7.11 Å². The molecule has 7 nitrogen and oxygen atoms in total. The van der Waals surface area contributed by atoms with E-state index in [0.717, 1.165) is 11.4 Å². The Labute approximate surface area is 150 Å². The maximum absolute atomic E-state index is 12.3. The minimum atomic E-state index is -0.466. The molecule has 0 aliphatic rings. The van der Waals surface area contributed by atoms with Crippen LogP contribution in [0.2, 0.25) is 0 Å². The summed E-state index contributed by atoms with van der Waals surface area (Å²) in [6, 6.07) is 13.6. The lowest BCUT2D eigenvalue weighted by Gasteiger charge is -2.08. The number of carbonyl (C=O) groups is 2. The number of nitrogens with one attached hydrogen (secondary N) is 2. The molecular weight excluding hydrogens is 334 g/mol. The summed E-state index contributed by atoms with van der Waals surface area (Å²) in [6.07, 6.45) is 3.18. The number of pyridine rings is 1. The van der Waals surface area contributed by atoms with E-state index in [0.29, 0.717) is 17.8 Å². The van der Waals surface area contributed by atoms with Gasteiger partial charge in [-0.25, -0.2) is 9.78 Å². The molecule has 0 fully saturated rings. The largest absolute Gasteiger partial charge is 0.467 e. The second-order valence-corrected chi connectivity index (χ2v) is 5.39. The fraction of sp³-hybridized carbons (Fsp3) is 0.105. The molecule has 1 amide bonds. The Balaban J connectivity index is 1.62. The first-order valence-corrected chi connectivity index (χ1v) is 7.88. The van der Waals surface area contributed by atoms with Gasteiger partial charge in [0.1, 0.15) is 11.5 Å². The highest BCUT2D eigenvalue weighted by molar-refractivity contribution is 6.03. The van der Waals surface area contributed by atoms with E-state index < -0.39 is 5.97 Å². The maximum Gasteiger partial charge on any atom is 0.337 e. The summed E-state index contributed by atoms with van der Waals surface area (Å²) in [5, 5.41) is 5.86. The molecule has 2 aromatic heterocycles. The summed E-state index contributed by atoms with van der Waals surface area (Å²) in [5.74, 6) is -0.0342.